The van der Waals surface area contributed by atoms with Gasteiger partial charge in [0.05, 0.1) is 18.6 Å². The lowest BCUT2D eigenvalue weighted by atomic mass is 10.1. The highest BCUT2D eigenvalue weighted by molar-refractivity contribution is 8.18. The Morgan fingerprint density at radius 2 is 1.78 bits per heavy atom. The maximum atomic E-state index is 13.0. The Morgan fingerprint density at radius 1 is 1.06 bits per heavy atom. The molecule has 0 saturated carbocycles. The van der Waals surface area contributed by atoms with Crippen molar-refractivity contribution in [1.29, 1.82) is 0 Å². The van der Waals surface area contributed by atoms with Gasteiger partial charge in [-0.15, -0.1) is 0 Å². The van der Waals surface area contributed by atoms with Crippen LogP contribution in [0, 0.1) is 5.82 Å². The number of thioether (sulfide) groups is 1. The van der Waals surface area contributed by atoms with E-state index in [2.05, 4.69) is 5.32 Å². The van der Waals surface area contributed by atoms with Gasteiger partial charge in [0.1, 0.15) is 5.82 Å². The van der Waals surface area contributed by atoms with Gasteiger partial charge in [-0.3, -0.25) is 19.3 Å². The molecule has 7 nitrogen and oxygen atoms in total. The van der Waals surface area contributed by atoms with Gasteiger partial charge < -0.3 is 14.8 Å². The summed E-state index contributed by atoms with van der Waals surface area (Å²) in [5.74, 6) is -0.558. The molecular formula is C26H20ClFN2O5S. The number of nitrogens with one attached hydrogen (secondary N) is 1. The van der Waals surface area contributed by atoms with Crippen molar-refractivity contribution in [2.45, 2.75) is 6.54 Å². The van der Waals surface area contributed by atoms with Gasteiger partial charge in [-0.05, 0) is 77.5 Å². The minimum Gasteiger partial charge on any atom is -0.493 e. The number of hydrogen-bond acceptors (Lipinski definition) is 6. The molecule has 1 aliphatic rings. The zero-order valence-electron chi connectivity index (χ0n) is 19.0. The summed E-state index contributed by atoms with van der Waals surface area (Å²) in [7, 11) is 1.45. The van der Waals surface area contributed by atoms with E-state index >= 15 is 0 Å². The van der Waals surface area contributed by atoms with Gasteiger partial charge in [0.25, 0.3) is 17.1 Å². The van der Waals surface area contributed by atoms with E-state index in [1.165, 1.54) is 36.3 Å². The van der Waals surface area contributed by atoms with Crippen LogP contribution in [0.5, 0.6) is 11.5 Å². The van der Waals surface area contributed by atoms with E-state index < -0.39 is 17.6 Å². The summed E-state index contributed by atoms with van der Waals surface area (Å²) < 4.78 is 23.9. The number of anilines is 1. The van der Waals surface area contributed by atoms with Crippen molar-refractivity contribution < 1.29 is 28.2 Å². The molecule has 1 saturated heterocycles. The summed E-state index contributed by atoms with van der Waals surface area (Å²) in [6.07, 6.45) is 1.60. The highest BCUT2D eigenvalue weighted by Gasteiger charge is 2.35. The number of methoxy groups -OCH3 is 1. The van der Waals surface area contributed by atoms with Crippen molar-refractivity contribution in [2.24, 2.45) is 0 Å². The molecule has 0 spiro atoms. The molecule has 3 amide bonds. The Kier molecular flexibility index (Phi) is 7.92. The fraction of sp³-hybridized carbons (Fsp3) is 0.115. The van der Waals surface area contributed by atoms with Crippen LogP contribution in [0.4, 0.5) is 14.9 Å². The third-order valence-electron chi connectivity index (χ3n) is 5.10. The third-order valence-corrected chi connectivity index (χ3v) is 6.26. The second kappa shape index (κ2) is 11.3. The smallest absolute Gasteiger partial charge is 0.293 e. The molecule has 3 aromatic rings. The number of benzene rings is 3. The second-order valence-corrected chi connectivity index (χ2v) is 9.08. The number of amides is 3. The van der Waals surface area contributed by atoms with Crippen LogP contribution in [-0.4, -0.2) is 35.7 Å². The summed E-state index contributed by atoms with van der Waals surface area (Å²) >= 11 is 6.75. The Balaban J connectivity index is 1.41. The molecular weight excluding hydrogens is 507 g/mol. The normalized spacial score (nSPS) is 14.3. The third kappa shape index (κ3) is 6.24. The van der Waals surface area contributed by atoms with Crippen LogP contribution in [0.15, 0.2) is 71.6 Å². The molecule has 0 aliphatic carbocycles. The number of carbonyl (C=O) groups excluding carboxylic acids is 3. The first-order chi connectivity index (χ1) is 17.3. The number of nitrogens with zero attached hydrogens (tertiary/aromatic N) is 1. The molecule has 0 aromatic heterocycles. The van der Waals surface area contributed by atoms with Crippen molar-refractivity contribution in [2.75, 3.05) is 19.0 Å². The van der Waals surface area contributed by atoms with E-state index in [1.807, 2.05) is 0 Å². The topological polar surface area (TPSA) is 84.9 Å². The van der Waals surface area contributed by atoms with Gasteiger partial charge in [-0.25, -0.2) is 4.39 Å². The van der Waals surface area contributed by atoms with E-state index in [1.54, 1.807) is 48.5 Å². The summed E-state index contributed by atoms with van der Waals surface area (Å²) in [6, 6.07) is 17.2. The zero-order chi connectivity index (χ0) is 25.7. The summed E-state index contributed by atoms with van der Waals surface area (Å²) in [6.45, 7) is -0.147. The largest absolute Gasteiger partial charge is 0.493 e. The number of ether oxygens (including phenoxy) is 2. The number of imide groups is 1. The van der Waals surface area contributed by atoms with Crippen molar-refractivity contribution in [3.8, 4) is 11.5 Å². The maximum Gasteiger partial charge on any atom is 0.293 e. The van der Waals surface area contributed by atoms with Crippen LogP contribution in [0.3, 0.4) is 0 Å². The van der Waals surface area contributed by atoms with Crippen molar-refractivity contribution in [3.05, 3.63) is 93.6 Å². The number of halogens is 2. The Hall–Kier alpha value is -3.82. The van der Waals surface area contributed by atoms with Gasteiger partial charge in [0, 0.05) is 10.7 Å². The summed E-state index contributed by atoms with van der Waals surface area (Å²) in [4.78, 5) is 38.9. The number of rotatable bonds is 8. The van der Waals surface area contributed by atoms with E-state index in [0.717, 1.165) is 17.3 Å². The zero-order valence-corrected chi connectivity index (χ0v) is 20.6. The minimum absolute atomic E-state index is 0.148. The molecule has 10 heteroatoms. The molecule has 184 valence electrons. The first-order valence-electron chi connectivity index (χ1n) is 10.7. The Labute approximate surface area is 215 Å². The fourth-order valence-electron chi connectivity index (χ4n) is 3.33. The first kappa shape index (κ1) is 25.3. The molecule has 0 bridgehead atoms. The Bertz CT molecular complexity index is 1330. The van der Waals surface area contributed by atoms with Crippen molar-refractivity contribution in [3.63, 3.8) is 0 Å². The predicted octanol–water partition coefficient (Wildman–Crippen LogP) is 5.74. The summed E-state index contributed by atoms with van der Waals surface area (Å²) in [5.41, 5.74) is 1.85. The van der Waals surface area contributed by atoms with Crippen LogP contribution in [0.1, 0.15) is 11.1 Å². The lowest BCUT2D eigenvalue weighted by Gasteiger charge is -2.12. The molecule has 0 atom stereocenters. The number of carbonyl (C=O) groups is 3. The average molecular weight is 527 g/mol. The van der Waals surface area contributed by atoms with E-state index in [0.29, 0.717) is 27.8 Å². The monoisotopic (exact) mass is 526 g/mol. The quantitative estimate of drug-likeness (QED) is 0.377. The molecule has 1 heterocycles. The van der Waals surface area contributed by atoms with Gasteiger partial charge >= 0.3 is 0 Å². The molecule has 3 aromatic carbocycles. The molecule has 4 rings (SSSR count). The van der Waals surface area contributed by atoms with Crippen LogP contribution in [-0.2, 0) is 16.1 Å². The van der Waals surface area contributed by atoms with E-state index in [9.17, 15) is 18.8 Å². The highest BCUT2D eigenvalue weighted by atomic mass is 35.5. The lowest BCUT2D eigenvalue weighted by molar-refractivity contribution is -0.123. The summed E-state index contributed by atoms with van der Waals surface area (Å²) in [5, 5.41) is 2.82. The van der Waals surface area contributed by atoms with Crippen molar-refractivity contribution in [1.82, 2.24) is 4.90 Å². The first-order valence-corrected chi connectivity index (χ1v) is 11.9. The standard InChI is InChI=1S/C26H20ClFN2O5S/c1-34-22-12-17(4-11-21(22)35-15-24(31)29-20-9-7-19(28)8-10-20)13-23-25(32)30(26(33)36-23)14-16-2-5-18(27)6-3-16/h2-13H,14-15H2,1H3,(H,29,31)/b23-13+. The lowest BCUT2D eigenvalue weighted by Crippen LogP contribution is -2.27. The molecule has 0 radical (unpaired) electrons. The van der Waals surface area contributed by atoms with Crippen molar-refractivity contribution >= 4 is 52.2 Å². The van der Waals surface area contributed by atoms with Crippen LogP contribution < -0.4 is 14.8 Å². The number of hydrogen-bond donors (Lipinski definition) is 1. The van der Waals surface area contributed by atoms with E-state index in [4.69, 9.17) is 21.1 Å². The van der Waals surface area contributed by atoms with E-state index in [-0.39, 0.29) is 23.3 Å². The Morgan fingerprint density at radius 3 is 2.47 bits per heavy atom. The molecule has 0 unspecified atom stereocenters. The van der Waals surface area contributed by atoms with Gasteiger partial charge in [-0.1, -0.05) is 29.8 Å². The fourth-order valence-corrected chi connectivity index (χ4v) is 4.29. The SMILES string of the molecule is COc1cc(/C=C2/SC(=O)N(Cc3ccc(Cl)cc3)C2=O)ccc1OCC(=O)Nc1ccc(F)cc1. The predicted molar refractivity (Wildman–Crippen MR) is 136 cm³/mol. The minimum atomic E-state index is -0.429. The van der Waals surface area contributed by atoms with Crippen LogP contribution >= 0.6 is 23.4 Å². The maximum absolute atomic E-state index is 13.0. The molecule has 1 fully saturated rings. The average Bonchev–Trinajstić information content (AvgIpc) is 3.13. The van der Waals surface area contributed by atoms with Gasteiger partial charge in [0.2, 0.25) is 0 Å². The molecule has 1 aliphatic heterocycles. The highest BCUT2D eigenvalue weighted by Crippen LogP contribution is 2.35. The second-order valence-electron chi connectivity index (χ2n) is 7.65. The van der Waals surface area contributed by atoms with Crippen LogP contribution in [0.25, 0.3) is 6.08 Å². The van der Waals surface area contributed by atoms with Gasteiger partial charge in [0.15, 0.2) is 18.1 Å². The molecule has 36 heavy (non-hydrogen) atoms. The molecule has 1 N–H and O–H groups in total. The van der Waals surface area contributed by atoms with Gasteiger partial charge in [-0.2, -0.15) is 0 Å². The van der Waals surface area contributed by atoms with Crippen LogP contribution in [0.2, 0.25) is 5.02 Å².